The first kappa shape index (κ1) is 21.7. The number of fused-ring (bicyclic) bond motifs is 2. The highest BCUT2D eigenvalue weighted by atomic mass is 19.4. The van der Waals surface area contributed by atoms with Gasteiger partial charge < -0.3 is 24.3 Å². The molecule has 1 N–H and O–H groups in total. The van der Waals surface area contributed by atoms with Gasteiger partial charge in [0.15, 0.2) is 17.6 Å². The van der Waals surface area contributed by atoms with E-state index in [9.17, 15) is 17.6 Å². The smallest absolute Gasteiger partial charge is 0.418 e. The van der Waals surface area contributed by atoms with Crippen LogP contribution in [0.2, 0.25) is 0 Å². The van der Waals surface area contributed by atoms with Crippen molar-refractivity contribution in [2.45, 2.75) is 30.9 Å². The van der Waals surface area contributed by atoms with Crippen molar-refractivity contribution in [2.75, 3.05) is 25.6 Å². The molecule has 0 spiro atoms. The zero-order valence-corrected chi connectivity index (χ0v) is 17.4. The quantitative estimate of drug-likeness (QED) is 0.557. The Kier molecular flexibility index (Phi) is 5.45. The molecule has 0 bridgehead atoms. The second kappa shape index (κ2) is 8.31. The monoisotopic (exact) mass is 465 g/mol. The van der Waals surface area contributed by atoms with Gasteiger partial charge in [-0.3, -0.25) is 0 Å². The predicted octanol–water partition coefficient (Wildman–Crippen LogP) is 4.48. The second-order valence-corrected chi connectivity index (χ2v) is 7.71. The highest BCUT2D eigenvalue weighted by molar-refractivity contribution is 5.93. The summed E-state index contributed by atoms with van der Waals surface area (Å²) >= 11 is 0. The van der Waals surface area contributed by atoms with Crippen molar-refractivity contribution in [3.63, 3.8) is 0 Å². The maximum absolute atomic E-state index is 13.5. The van der Waals surface area contributed by atoms with Crippen LogP contribution in [0.15, 0.2) is 36.7 Å². The van der Waals surface area contributed by atoms with E-state index < -0.39 is 17.6 Å². The Morgan fingerprint density at radius 1 is 1.09 bits per heavy atom. The van der Waals surface area contributed by atoms with Crippen LogP contribution in [0.4, 0.5) is 29.1 Å². The summed E-state index contributed by atoms with van der Waals surface area (Å²) in [6.45, 7) is 0.980. The van der Waals surface area contributed by atoms with Crippen molar-refractivity contribution in [3.05, 3.63) is 48.0 Å². The summed E-state index contributed by atoms with van der Waals surface area (Å²) in [7, 11) is 1.45. The van der Waals surface area contributed by atoms with Crippen molar-refractivity contribution < 1.29 is 36.5 Å². The molecule has 2 aromatic carbocycles. The maximum Gasteiger partial charge on any atom is 0.418 e. The van der Waals surface area contributed by atoms with Gasteiger partial charge in [0.05, 0.1) is 36.6 Å². The van der Waals surface area contributed by atoms with Crippen LogP contribution in [-0.2, 0) is 15.7 Å². The lowest BCUT2D eigenvalue weighted by atomic mass is 10.1. The molecule has 2 fully saturated rings. The van der Waals surface area contributed by atoms with Gasteiger partial charge in [-0.1, -0.05) is 0 Å². The highest BCUT2D eigenvalue weighted by Gasteiger charge is 2.43. The predicted molar refractivity (Wildman–Crippen MR) is 109 cm³/mol. The Morgan fingerprint density at radius 2 is 1.94 bits per heavy atom. The molecule has 0 radical (unpaired) electrons. The van der Waals surface area contributed by atoms with E-state index in [1.165, 1.54) is 13.4 Å². The van der Waals surface area contributed by atoms with Gasteiger partial charge >= 0.3 is 6.18 Å². The molecule has 0 saturated carbocycles. The van der Waals surface area contributed by atoms with Gasteiger partial charge in [-0.2, -0.15) is 13.2 Å². The third kappa shape index (κ3) is 4.13. The Balaban J connectivity index is 1.50. The molecular weight excluding hydrogens is 446 g/mol. The van der Waals surface area contributed by atoms with Crippen LogP contribution in [-0.4, -0.2) is 48.6 Å². The summed E-state index contributed by atoms with van der Waals surface area (Å²) in [4.78, 5) is 8.29. The molecule has 2 saturated heterocycles. The number of alkyl halides is 3. The molecule has 1 aromatic heterocycles. The molecule has 2 aliphatic heterocycles. The second-order valence-electron chi connectivity index (χ2n) is 7.71. The molecular formula is C22H19F4N3O4. The third-order valence-electron chi connectivity index (χ3n) is 5.66. The molecule has 2 aliphatic rings. The van der Waals surface area contributed by atoms with E-state index in [2.05, 4.69) is 15.3 Å². The van der Waals surface area contributed by atoms with E-state index in [4.69, 9.17) is 18.9 Å². The average molecular weight is 465 g/mol. The van der Waals surface area contributed by atoms with Crippen molar-refractivity contribution in [1.29, 1.82) is 0 Å². The lowest BCUT2D eigenvalue weighted by molar-refractivity contribution is -0.137. The van der Waals surface area contributed by atoms with E-state index in [1.807, 2.05) is 0 Å². The zero-order valence-electron chi connectivity index (χ0n) is 17.4. The van der Waals surface area contributed by atoms with Crippen LogP contribution < -0.4 is 14.8 Å². The number of ether oxygens (including phenoxy) is 4. The minimum atomic E-state index is -4.75. The molecule has 0 aliphatic carbocycles. The van der Waals surface area contributed by atoms with Gasteiger partial charge in [-0.05, 0) is 30.7 Å². The third-order valence-corrected chi connectivity index (χ3v) is 5.66. The molecule has 7 nitrogen and oxygen atoms in total. The Hall–Kier alpha value is -3.18. The van der Waals surface area contributed by atoms with Crippen molar-refractivity contribution in [2.24, 2.45) is 0 Å². The van der Waals surface area contributed by atoms with Crippen LogP contribution in [0.25, 0.3) is 10.9 Å². The molecule has 3 aromatic rings. The van der Waals surface area contributed by atoms with Crippen molar-refractivity contribution >= 4 is 22.4 Å². The number of methoxy groups -OCH3 is 1. The number of benzene rings is 2. The van der Waals surface area contributed by atoms with E-state index in [0.717, 1.165) is 18.6 Å². The fraction of sp³-hybridized carbons (Fsp3) is 0.364. The van der Waals surface area contributed by atoms with E-state index in [-0.39, 0.29) is 29.8 Å². The average Bonchev–Trinajstić information content (AvgIpc) is 3.39. The molecule has 3 heterocycles. The molecule has 5 rings (SSSR count). The molecule has 3 atom stereocenters. The van der Waals surface area contributed by atoms with E-state index >= 15 is 0 Å². The first-order chi connectivity index (χ1) is 15.8. The van der Waals surface area contributed by atoms with E-state index in [0.29, 0.717) is 41.7 Å². The van der Waals surface area contributed by atoms with Crippen LogP contribution in [0, 0.1) is 5.82 Å². The molecule has 11 heteroatoms. The number of halogens is 4. The first-order valence-electron chi connectivity index (χ1n) is 10.2. The van der Waals surface area contributed by atoms with Crippen LogP contribution in [0.5, 0.6) is 11.5 Å². The number of aromatic nitrogens is 2. The summed E-state index contributed by atoms with van der Waals surface area (Å²) in [5.41, 5.74) is -1.06. The van der Waals surface area contributed by atoms with Gasteiger partial charge in [0.2, 0.25) is 0 Å². The van der Waals surface area contributed by atoms with Gasteiger partial charge in [-0.25, -0.2) is 14.4 Å². The molecule has 2 unspecified atom stereocenters. The van der Waals surface area contributed by atoms with Crippen LogP contribution in [0.1, 0.15) is 12.0 Å². The normalized spacial score (nSPS) is 22.4. The first-order valence-corrected chi connectivity index (χ1v) is 10.2. The maximum atomic E-state index is 13.5. The zero-order chi connectivity index (χ0) is 23.2. The molecule has 174 valence electrons. The van der Waals surface area contributed by atoms with Crippen LogP contribution in [0.3, 0.4) is 0 Å². The molecule has 0 amide bonds. The van der Waals surface area contributed by atoms with Gasteiger partial charge in [0.25, 0.3) is 0 Å². The number of rotatable bonds is 5. The Bertz CT molecular complexity index is 1190. The summed E-state index contributed by atoms with van der Waals surface area (Å²) < 4.78 is 76.7. The minimum absolute atomic E-state index is 0.00174. The largest absolute Gasteiger partial charge is 0.493 e. The fourth-order valence-electron chi connectivity index (χ4n) is 4.10. The van der Waals surface area contributed by atoms with Crippen molar-refractivity contribution in [1.82, 2.24) is 9.97 Å². The summed E-state index contributed by atoms with van der Waals surface area (Å²) in [6.07, 6.45) is -3.23. The number of anilines is 2. The Labute approximate surface area is 185 Å². The summed E-state index contributed by atoms with van der Waals surface area (Å²) in [6, 6.07) is 5.58. The SMILES string of the molecule is COc1cc2c(Nc3ccc(F)cc3C(F)(F)F)ncnc2cc1O[C@@H]1COC2CCOC21. The summed E-state index contributed by atoms with van der Waals surface area (Å²) in [5, 5.41) is 3.05. The van der Waals surface area contributed by atoms with Crippen molar-refractivity contribution in [3.8, 4) is 11.5 Å². The Morgan fingerprint density at radius 3 is 2.73 bits per heavy atom. The standard InChI is InChI=1S/C22H19F4N3O4/c1-30-17-7-12-15(8-18(17)33-19-9-32-16-4-5-31-20(16)19)27-10-28-21(12)29-14-3-2-11(23)6-13(14)22(24,25)26/h2-3,6-8,10,16,19-20H,4-5,9H2,1H3,(H,27,28,29)/t16?,19-,20?/m1/s1. The number of nitrogens with one attached hydrogen (secondary N) is 1. The van der Waals surface area contributed by atoms with Gasteiger partial charge in [0.1, 0.15) is 24.1 Å². The lowest BCUT2D eigenvalue weighted by Gasteiger charge is -2.20. The molecule has 33 heavy (non-hydrogen) atoms. The number of hydrogen-bond acceptors (Lipinski definition) is 7. The lowest BCUT2D eigenvalue weighted by Crippen LogP contribution is -2.32. The fourth-order valence-corrected chi connectivity index (χ4v) is 4.10. The summed E-state index contributed by atoms with van der Waals surface area (Å²) in [5.74, 6) is -0.146. The highest BCUT2D eigenvalue weighted by Crippen LogP contribution is 2.40. The van der Waals surface area contributed by atoms with Gasteiger partial charge in [0, 0.05) is 18.1 Å². The van der Waals surface area contributed by atoms with E-state index in [1.54, 1.807) is 12.1 Å². The van der Waals surface area contributed by atoms with Crippen LogP contribution >= 0.6 is 0 Å². The number of hydrogen-bond donors (Lipinski definition) is 1. The topological polar surface area (TPSA) is 74.7 Å². The number of nitrogens with zero attached hydrogens (tertiary/aromatic N) is 2. The van der Waals surface area contributed by atoms with Gasteiger partial charge in [-0.15, -0.1) is 0 Å². The minimum Gasteiger partial charge on any atom is -0.493 e.